The zero-order valence-corrected chi connectivity index (χ0v) is 37.9. The largest absolute Gasteiger partial charge is 0.495 e. The molecule has 3 rings (SSSR count). The van der Waals surface area contributed by atoms with Gasteiger partial charge in [0.05, 0.1) is 39.7 Å². The van der Waals surface area contributed by atoms with Crippen molar-refractivity contribution < 1.29 is 38.9 Å². The summed E-state index contributed by atoms with van der Waals surface area (Å²) in [5, 5.41) is 31.1. The molecule has 0 aromatic heterocycles. The first kappa shape index (κ1) is 46.7. The molecule has 0 radical (unpaired) electrons. The minimum atomic E-state index is -1.62. The smallest absolute Gasteiger partial charge is 0.311 e. The van der Waals surface area contributed by atoms with Crippen LogP contribution in [0.1, 0.15) is 134 Å². The molecule has 1 aromatic rings. The fraction of sp³-hybridized carbons (Fsp3) is 0.667. The number of halogens is 4. The number of rotatable bonds is 26. The number of nitrogens with zero attached hydrogens (tertiary/aromatic N) is 1. The van der Waals surface area contributed by atoms with Crippen molar-refractivity contribution in [3.8, 4) is 5.75 Å². The SMILES string of the molecule is CCCCCCCCCCCCCCCCCC(=O)NC[C@H](O)c1cc(Br)c(OCCCNC(=O)C2=NO[C@@]3(CC(Br)=C(OC)C(Br)=CO3)[C@H]2O)c(Br)c1. The second kappa shape index (κ2) is 25.6. The minimum absolute atomic E-state index is 0.0465. The molecule has 2 heterocycles. The van der Waals surface area contributed by atoms with Gasteiger partial charge in [0, 0.05) is 24.0 Å². The first-order valence-electron chi connectivity index (χ1n) is 19.3. The fourth-order valence-electron chi connectivity index (χ4n) is 6.22. The number of benzene rings is 1. The number of nitrogens with one attached hydrogen (secondary N) is 2. The van der Waals surface area contributed by atoms with E-state index in [9.17, 15) is 19.8 Å². The lowest BCUT2D eigenvalue weighted by Crippen LogP contribution is -2.49. The van der Waals surface area contributed by atoms with Crippen LogP contribution in [0.5, 0.6) is 5.75 Å². The summed E-state index contributed by atoms with van der Waals surface area (Å²) in [6.07, 6.45) is 19.2. The molecular formula is C39H57Br4N3O8. The highest BCUT2D eigenvalue weighted by Gasteiger charge is 2.54. The van der Waals surface area contributed by atoms with Crippen LogP contribution in [0.25, 0.3) is 0 Å². The van der Waals surface area contributed by atoms with Crippen LogP contribution in [-0.2, 0) is 23.9 Å². The summed E-state index contributed by atoms with van der Waals surface area (Å²) in [5.74, 6) is -1.26. The van der Waals surface area contributed by atoms with E-state index in [-0.39, 0.29) is 37.7 Å². The molecule has 0 saturated heterocycles. The number of aliphatic hydroxyl groups is 2. The van der Waals surface area contributed by atoms with Crippen molar-refractivity contribution in [3.63, 3.8) is 0 Å². The number of methoxy groups -OCH3 is 1. The van der Waals surface area contributed by atoms with Gasteiger partial charge in [-0.1, -0.05) is 118 Å². The third kappa shape index (κ3) is 15.4. The predicted molar refractivity (Wildman–Crippen MR) is 225 cm³/mol. The van der Waals surface area contributed by atoms with Crippen LogP contribution in [0.4, 0.5) is 0 Å². The number of aliphatic hydroxyl groups excluding tert-OH is 2. The molecule has 0 fully saturated rings. The van der Waals surface area contributed by atoms with Gasteiger partial charge in [0.1, 0.15) is 17.8 Å². The molecule has 11 nitrogen and oxygen atoms in total. The number of amides is 2. The number of allylic oxidation sites excluding steroid dienone is 1. The Balaban J connectivity index is 1.26. The Morgan fingerprint density at radius 2 is 1.48 bits per heavy atom. The van der Waals surface area contributed by atoms with Gasteiger partial charge in [-0.05, 0) is 78.3 Å². The number of ether oxygens (including phenoxy) is 3. The highest BCUT2D eigenvalue weighted by Crippen LogP contribution is 2.41. The predicted octanol–water partition coefficient (Wildman–Crippen LogP) is 9.86. The van der Waals surface area contributed by atoms with Gasteiger partial charge in [0.2, 0.25) is 5.91 Å². The lowest BCUT2D eigenvalue weighted by Gasteiger charge is -2.27. The van der Waals surface area contributed by atoms with E-state index in [4.69, 9.17) is 19.0 Å². The van der Waals surface area contributed by atoms with Gasteiger partial charge in [-0.3, -0.25) is 9.59 Å². The first-order valence-corrected chi connectivity index (χ1v) is 22.5. The number of carbonyl (C=O) groups is 2. The van der Waals surface area contributed by atoms with Crippen LogP contribution < -0.4 is 15.4 Å². The minimum Gasteiger partial charge on any atom is -0.495 e. The summed E-state index contributed by atoms with van der Waals surface area (Å²) >= 11 is 13.8. The molecule has 3 atom stereocenters. The Kier molecular flexibility index (Phi) is 22.1. The van der Waals surface area contributed by atoms with Gasteiger partial charge in [-0.25, -0.2) is 0 Å². The molecule has 1 aromatic carbocycles. The Labute approximate surface area is 354 Å². The Bertz CT molecular complexity index is 1420. The van der Waals surface area contributed by atoms with E-state index in [1.54, 1.807) is 12.1 Å². The molecule has 2 aliphatic heterocycles. The van der Waals surface area contributed by atoms with Crippen LogP contribution in [0.3, 0.4) is 0 Å². The van der Waals surface area contributed by atoms with Crippen LogP contribution in [0.15, 0.2) is 47.2 Å². The molecular weight excluding hydrogens is 958 g/mol. The van der Waals surface area contributed by atoms with E-state index >= 15 is 0 Å². The summed E-state index contributed by atoms with van der Waals surface area (Å²) in [6, 6.07) is 3.52. The maximum Gasteiger partial charge on any atom is 0.311 e. The average molecular weight is 1020 g/mol. The number of carbonyl (C=O) groups excluding carboxylic acids is 2. The Morgan fingerprint density at radius 3 is 2.06 bits per heavy atom. The van der Waals surface area contributed by atoms with Gasteiger partial charge in [-0.2, -0.15) is 0 Å². The quantitative estimate of drug-likeness (QED) is 0.0671. The molecule has 0 bridgehead atoms. The van der Waals surface area contributed by atoms with Gasteiger partial charge in [0.15, 0.2) is 11.8 Å². The summed E-state index contributed by atoms with van der Waals surface area (Å²) in [5.41, 5.74) is 0.417. The van der Waals surface area contributed by atoms with Crippen molar-refractivity contribution in [2.24, 2.45) is 5.16 Å². The zero-order valence-electron chi connectivity index (χ0n) is 31.5. The standard InChI is InChI=1S/C39H57Br4N3O8/c1-3-4-5-6-7-8-9-10-11-12-13-14-15-16-17-19-33(48)45-25-32(47)27-22-28(40)36(29(41)23-27)52-21-18-20-44-38(50)34-37(49)39(54-46-34)24-30(42)35(51-2)31(43)26-53-39/h22-23,26,32,37,47,49H,3-21,24-25H2,1-2H3,(H,44,50)(H,45,48)/t32-,37-,39-/m0/s1. The van der Waals surface area contributed by atoms with Gasteiger partial charge in [-0.15, -0.1) is 0 Å². The number of hydrogen-bond donors (Lipinski definition) is 4. The second-order valence-electron chi connectivity index (χ2n) is 13.8. The number of hydrogen-bond acceptors (Lipinski definition) is 9. The molecule has 0 aliphatic carbocycles. The van der Waals surface area contributed by atoms with E-state index in [0.717, 1.165) is 19.3 Å². The molecule has 2 aliphatic rings. The van der Waals surface area contributed by atoms with Crippen LogP contribution in [-0.4, -0.2) is 66.4 Å². The van der Waals surface area contributed by atoms with E-state index in [2.05, 4.69) is 86.4 Å². The van der Waals surface area contributed by atoms with E-state index in [1.165, 1.54) is 90.4 Å². The summed E-state index contributed by atoms with van der Waals surface area (Å²) < 4.78 is 19.3. The normalized spacial score (nSPS) is 18.7. The topological polar surface area (TPSA) is 148 Å². The Hall–Kier alpha value is -1.65. The zero-order chi connectivity index (χ0) is 39.3. The van der Waals surface area contributed by atoms with Crippen molar-refractivity contribution in [2.45, 2.75) is 140 Å². The maximum absolute atomic E-state index is 12.8. The van der Waals surface area contributed by atoms with Crippen molar-refractivity contribution in [1.82, 2.24) is 10.6 Å². The molecule has 0 saturated carbocycles. The van der Waals surface area contributed by atoms with Crippen LogP contribution in [0.2, 0.25) is 0 Å². The third-order valence-corrected chi connectivity index (χ3v) is 11.8. The molecule has 4 N–H and O–H groups in total. The summed E-state index contributed by atoms with van der Waals surface area (Å²) in [6.45, 7) is 2.89. The molecule has 0 unspecified atom stereocenters. The Morgan fingerprint density at radius 1 is 0.907 bits per heavy atom. The lowest BCUT2D eigenvalue weighted by atomic mass is 10.0. The highest BCUT2D eigenvalue weighted by molar-refractivity contribution is 9.12. The monoisotopic (exact) mass is 1010 g/mol. The van der Waals surface area contributed by atoms with Gasteiger partial charge >= 0.3 is 5.79 Å². The average Bonchev–Trinajstić information content (AvgIpc) is 3.39. The van der Waals surface area contributed by atoms with Crippen LogP contribution in [0, 0.1) is 0 Å². The van der Waals surface area contributed by atoms with Crippen molar-refractivity contribution in [1.29, 1.82) is 0 Å². The number of oxime groups is 1. The third-order valence-electron chi connectivity index (χ3n) is 9.40. The summed E-state index contributed by atoms with van der Waals surface area (Å²) in [4.78, 5) is 30.7. The molecule has 54 heavy (non-hydrogen) atoms. The van der Waals surface area contributed by atoms with Crippen molar-refractivity contribution in [3.05, 3.63) is 47.6 Å². The van der Waals surface area contributed by atoms with Gasteiger partial charge < -0.3 is 39.9 Å². The van der Waals surface area contributed by atoms with E-state index in [1.807, 2.05) is 0 Å². The first-order chi connectivity index (χ1) is 26.0. The second-order valence-corrected chi connectivity index (χ2v) is 17.3. The van der Waals surface area contributed by atoms with E-state index in [0.29, 0.717) is 47.8 Å². The molecule has 304 valence electrons. The van der Waals surface area contributed by atoms with E-state index < -0.39 is 23.9 Å². The fourth-order valence-corrected chi connectivity index (χ4v) is 9.20. The maximum atomic E-state index is 12.8. The summed E-state index contributed by atoms with van der Waals surface area (Å²) in [7, 11) is 1.50. The van der Waals surface area contributed by atoms with Crippen molar-refractivity contribution >= 4 is 81.2 Å². The number of unbranched alkanes of at least 4 members (excludes halogenated alkanes) is 14. The molecule has 1 spiro atoms. The van der Waals surface area contributed by atoms with Gasteiger partial charge in [0.25, 0.3) is 5.91 Å². The van der Waals surface area contributed by atoms with Crippen LogP contribution >= 0.6 is 63.7 Å². The van der Waals surface area contributed by atoms with Crippen molar-refractivity contribution in [2.75, 3.05) is 26.8 Å². The molecule has 2 amide bonds. The highest BCUT2D eigenvalue weighted by atomic mass is 79.9. The lowest BCUT2D eigenvalue weighted by molar-refractivity contribution is -0.225. The molecule has 15 heteroatoms.